The molecule has 0 N–H and O–H groups in total. The van der Waals surface area contributed by atoms with Crippen molar-refractivity contribution >= 4 is 35.7 Å². The van der Waals surface area contributed by atoms with Crippen molar-refractivity contribution in [1.82, 2.24) is 0 Å². The van der Waals surface area contributed by atoms with Gasteiger partial charge in [-0.1, -0.05) is 22.0 Å². The maximum atomic E-state index is 12.3. The van der Waals surface area contributed by atoms with Gasteiger partial charge in [0.15, 0.2) is 0 Å². The molecule has 0 aromatic heterocycles. The zero-order valence-corrected chi connectivity index (χ0v) is 10.7. The van der Waals surface area contributed by atoms with Gasteiger partial charge in [-0.15, -0.1) is 0 Å². The van der Waals surface area contributed by atoms with Gasteiger partial charge in [0, 0.05) is 15.2 Å². The Morgan fingerprint density at radius 3 is 2.25 bits per heavy atom. The largest absolute Gasteiger partial charge is 0.417 e. The third-order valence-corrected chi connectivity index (χ3v) is 3.34. The van der Waals surface area contributed by atoms with Gasteiger partial charge in [0.25, 0.3) is 0 Å². The summed E-state index contributed by atoms with van der Waals surface area (Å²) in [5.41, 5.74) is -0.668. The molecule has 0 amide bonds. The van der Waals surface area contributed by atoms with Gasteiger partial charge in [0.1, 0.15) is 0 Å². The van der Waals surface area contributed by atoms with Crippen LogP contribution in [0.2, 0.25) is 0 Å². The number of alkyl halides is 3. The zero-order chi connectivity index (χ0) is 12.6. The molecule has 0 saturated heterocycles. The fourth-order valence-corrected chi connectivity index (χ4v) is 2.68. The molecular weight excluding hydrogens is 333 g/mol. The summed E-state index contributed by atoms with van der Waals surface area (Å²) in [6.07, 6.45) is -4.47. The zero-order valence-electron chi connectivity index (χ0n) is 7.55. The van der Waals surface area contributed by atoms with Crippen LogP contribution in [0.1, 0.15) is 11.1 Å². The molecule has 0 heterocycles. The summed E-state index contributed by atoms with van der Waals surface area (Å²) in [6, 6.07) is 2.97. The SMILES string of the molecule is O=S(=O)(Cl)Cc1ccc(C(F)(F)F)c(Br)c1. The molecule has 0 saturated carbocycles. The van der Waals surface area contributed by atoms with E-state index >= 15 is 0 Å². The first kappa shape index (κ1) is 13.8. The van der Waals surface area contributed by atoms with Crippen molar-refractivity contribution in [1.29, 1.82) is 0 Å². The van der Waals surface area contributed by atoms with Crippen LogP contribution in [-0.2, 0) is 21.0 Å². The Balaban J connectivity index is 3.10. The minimum absolute atomic E-state index is 0.190. The van der Waals surface area contributed by atoms with Crippen LogP contribution in [0.5, 0.6) is 0 Å². The van der Waals surface area contributed by atoms with Gasteiger partial charge < -0.3 is 0 Å². The van der Waals surface area contributed by atoms with Crippen LogP contribution in [0.15, 0.2) is 22.7 Å². The lowest BCUT2D eigenvalue weighted by Gasteiger charge is -2.09. The van der Waals surface area contributed by atoms with E-state index < -0.39 is 26.5 Å². The van der Waals surface area contributed by atoms with E-state index in [9.17, 15) is 21.6 Å². The van der Waals surface area contributed by atoms with Gasteiger partial charge in [0.2, 0.25) is 9.05 Å². The first-order chi connectivity index (χ1) is 7.09. The third-order valence-electron chi connectivity index (χ3n) is 1.68. The predicted octanol–water partition coefficient (Wildman–Crippen LogP) is 3.54. The summed E-state index contributed by atoms with van der Waals surface area (Å²) in [5, 5.41) is 0. The third kappa shape index (κ3) is 3.95. The Hall–Kier alpha value is -0.270. The molecule has 0 aliphatic heterocycles. The number of rotatable bonds is 2. The summed E-state index contributed by atoms with van der Waals surface area (Å²) >= 11 is 2.73. The Bertz CT molecular complexity index is 498. The van der Waals surface area contributed by atoms with Crippen molar-refractivity contribution in [3.05, 3.63) is 33.8 Å². The van der Waals surface area contributed by atoms with E-state index in [4.69, 9.17) is 10.7 Å². The quantitative estimate of drug-likeness (QED) is 0.774. The summed E-state index contributed by atoms with van der Waals surface area (Å²) in [7, 11) is 1.21. The number of hydrogen-bond acceptors (Lipinski definition) is 2. The molecule has 0 atom stereocenters. The molecule has 0 fully saturated rings. The van der Waals surface area contributed by atoms with Crippen LogP contribution < -0.4 is 0 Å². The van der Waals surface area contributed by atoms with Crippen molar-refractivity contribution in [2.45, 2.75) is 11.9 Å². The van der Waals surface area contributed by atoms with Crippen molar-refractivity contribution in [2.75, 3.05) is 0 Å². The van der Waals surface area contributed by atoms with E-state index in [0.29, 0.717) is 0 Å². The smallest absolute Gasteiger partial charge is 0.212 e. The monoisotopic (exact) mass is 336 g/mol. The molecule has 0 aliphatic carbocycles. The fourth-order valence-electron chi connectivity index (χ4n) is 1.08. The Kier molecular flexibility index (Phi) is 3.91. The second kappa shape index (κ2) is 4.54. The highest BCUT2D eigenvalue weighted by Crippen LogP contribution is 2.35. The summed E-state index contributed by atoms with van der Waals surface area (Å²) < 4.78 is 58.3. The van der Waals surface area contributed by atoms with Crippen LogP contribution in [0.25, 0.3) is 0 Å². The summed E-state index contributed by atoms with van der Waals surface area (Å²) in [4.78, 5) is 0. The number of benzene rings is 1. The van der Waals surface area contributed by atoms with Gasteiger partial charge in [-0.3, -0.25) is 0 Å². The maximum Gasteiger partial charge on any atom is 0.417 e. The van der Waals surface area contributed by atoms with E-state index in [1.807, 2.05) is 0 Å². The van der Waals surface area contributed by atoms with E-state index in [0.717, 1.165) is 18.2 Å². The standard InChI is InChI=1S/C8H5BrClF3O2S/c9-7-3-5(4-16(10,14)15)1-2-6(7)8(11,12)13/h1-3H,4H2. The first-order valence-corrected chi connectivity index (χ1v) is 7.15. The van der Waals surface area contributed by atoms with Crippen molar-refractivity contribution in [3.8, 4) is 0 Å². The maximum absolute atomic E-state index is 12.3. The molecule has 8 heteroatoms. The molecule has 0 spiro atoms. The fraction of sp³-hybridized carbons (Fsp3) is 0.250. The highest BCUT2D eigenvalue weighted by Gasteiger charge is 2.32. The average molecular weight is 338 g/mol. The Morgan fingerprint density at radius 2 is 1.88 bits per heavy atom. The lowest BCUT2D eigenvalue weighted by molar-refractivity contribution is -0.138. The Morgan fingerprint density at radius 1 is 1.31 bits per heavy atom. The van der Waals surface area contributed by atoms with Crippen LogP contribution in [0.4, 0.5) is 13.2 Å². The van der Waals surface area contributed by atoms with E-state index in [1.54, 1.807) is 0 Å². The van der Waals surface area contributed by atoms with Gasteiger partial charge >= 0.3 is 6.18 Å². The van der Waals surface area contributed by atoms with E-state index in [1.165, 1.54) is 0 Å². The highest BCUT2D eigenvalue weighted by atomic mass is 79.9. The number of hydrogen-bond donors (Lipinski definition) is 0. The van der Waals surface area contributed by atoms with Gasteiger partial charge in [-0.25, -0.2) is 8.42 Å². The lowest BCUT2D eigenvalue weighted by atomic mass is 10.1. The first-order valence-electron chi connectivity index (χ1n) is 3.87. The Labute approximate surface area is 103 Å². The molecule has 1 rings (SSSR count). The second-order valence-corrected chi connectivity index (χ2v) is 6.63. The van der Waals surface area contributed by atoms with Crippen LogP contribution in [0, 0.1) is 0 Å². The number of halogens is 5. The van der Waals surface area contributed by atoms with Gasteiger partial charge in [-0.05, 0) is 17.7 Å². The van der Waals surface area contributed by atoms with E-state index in [2.05, 4.69) is 15.9 Å². The van der Waals surface area contributed by atoms with Crippen molar-refractivity contribution in [3.63, 3.8) is 0 Å². The molecule has 0 unspecified atom stereocenters. The average Bonchev–Trinajstić information content (AvgIpc) is 1.97. The lowest BCUT2D eigenvalue weighted by Crippen LogP contribution is -2.06. The topological polar surface area (TPSA) is 34.1 Å². The molecule has 90 valence electrons. The molecule has 0 bridgehead atoms. The summed E-state index contributed by atoms with van der Waals surface area (Å²) in [6.45, 7) is 0. The molecule has 0 radical (unpaired) electrons. The molecule has 1 aromatic rings. The normalized spacial score (nSPS) is 12.8. The van der Waals surface area contributed by atoms with Gasteiger partial charge in [0.05, 0.1) is 11.3 Å². The minimum Gasteiger partial charge on any atom is -0.212 e. The van der Waals surface area contributed by atoms with E-state index in [-0.39, 0.29) is 10.0 Å². The molecule has 2 nitrogen and oxygen atoms in total. The van der Waals surface area contributed by atoms with Crippen LogP contribution in [0.3, 0.4) is 0 Å². The predicted molar refractivity (Wildman–Crippen MR) is 57.6 cm³/mol. The van der Waals surface area contributed by atoms with Crippen molar-refractivity contribution < 1.29 is 21.6 Å². The minimum atomic E-state index is -4.47. The second-order valence-electron chi connectivity index (χ2n) is 3.00. The molecule has 1 aromatic carbocycles. The van der Waals surface area contributed by atoms with Crippen molar-refractivity contribution in [2.24, 2.45) is 0 Å². The summed E-state index contributed by atoms with van der Waals surface area (Å²) in [5.74, 6) is -0.509. The molecule has 16 heavy (non-hydrogen) atoms. The van der Waals surface area contributed by atoms with Gasteiger partial charge in [-0.2, -0.15) is 13.2 Å². The highest BCUT2D eigenvalue weighted by molar-refractivity contribution is 9.10. The van der Waals surface area contributed by atoms with Crippen LogP contribution >= 0.6 is 26.6 Å². The molecule has 0 aliphatic rings. The molecular formula is C8H5BrClF3O2S. The van der Waals surface area contributed by atoms with Crippen LogP contribution in [-0.4, -0.2) is 8.42 Å².